The molecule has 0 amide bonds. The van der Waals surface area contributed by atoms with Gasteiger partial charge < -0.3 is 10.3 Å². The fourth-order valence-electron chi connectivity index (χ4n) is 2.54. The Kier molecular flexibility index (Phi) is 3.82. The Bertz CT molecular complexity index is 345. The summed E-state index contributed by atoms with van der Waals surface area (Å²) in [6, 6.07) is 0.620. The van der Waals surface area contributed by atoms with Gasteiger partial charge in [0, 0.05) is 18.0 Å². The van der Waals surface area contributed by atoms with Gasteiger partial charge in [0.15, 0.2) is 0 Å². The van der Waals surface area contributed by atoms with Gasteiger partial charge in [0.05, 0.1) is 0 Å². The number of nitrogens with two attached hydrogens (primary N) is 1. The summed E-state index contributed by atoms with van der Waals surface area (Å²) in [4.78, 5) is 0. The minimum atomic E-state index is -0.122. The number of rotatable bonds is 4. The first-order valence-electron chi connectivity index (χ1n) is 6.73. The summed E-state index contributed by atoms with van der Waals surface area (Å²) >= 11 is 0. The molecule has 4 heteroatoms. The van der Waals surface area contributed by atoms with E-state index in [1.54, 1.807) is 0 Å². The average Bonchev–Trinajstić information content (AvgIpc) is 2.75. The van der Waals surface area contributed by atoms with Crippen LogP contribution < -0.4 is 5.73 Å². The van der Waals surface area contributed by atoms with Crippen LogP contribution in [0.2, 0.25) is 0 Å². The maximum Gasteiger partial charge on any atom is 0.133 e. The zero-order chi connectivity index (χ0) is 12.3. The Hall–Kier alpha value is -0.900. The lowest BCUT2D eigenvalue weighted by Gasteiger charge is -2.25. The zero-order valence-corrected chi connectivity index (χ0v) is 11.0. The van der Waals surface area contributed by atoms with Crippen LogP contribution >= 0.6 is 0 Å². The highest BCUT2D eigenvalue weighted by atomic mass is 15.3. The summed E-state index contributed by atoms with van der Waals surface area (Å²) in [5.41, 5.74) is 5.90. The maximum absolute atomic E-state index is 6.02. The number of hydrogen-bond acceptors (Lipinski definition) is 3. The predicted octanol–water partition coefficient (Wildman–Crippen LogP) is 2.45. The largest absolute Gasteiger partial charge is 0.326 e. The van der Waals surface area contributed by atoms with Crippen LogP contribution in [-0.2, 0) is 6.42 Å². The lowest BCUT2D eigenvalue weighted by atomic mass is 9.95. The monoisotopic (exact) mass is 236 g/mol. The molecule has 0 aromatic carbocycles. The van der Waals surface area contributed by atoms with Gasteiger partial charge in [-0.05, 0) is 33.1 Å². The quantitative estimate of drug-likeness (QED) is 0.873. The Morgan fingerprint density at radius 2 is 2.06 bits per heavy atom. The second-order valence-corrected chi connectivity index (χ2v) is 5.93. The number of aromatic nitrogens is 3. The first kappa shape index (κ1) is 12.6. The molecule has 0 saturated heterocycles. The van der Waals surface area contributed by atoms with Crippen molar-refractivity contribution in [2.45, 2.75) is 70.4 Å². The molecule has 96 valence electrons. The summed E-state index contributed by atoms with van der Waals surface area (Å²) in [7, 11) is 0. The van der Waals surface area contributed by atoms with Crippen LogP contribution in [-0.4, -0.2) is 20.3 Å². The molecule has 0 radical (unpaired) electrons. The molecule has 0 aliphatic heterocycles. The van der Waals surface area contributed by atoms with Gasteiger partial charge in [0.25, 0.3) is 0 Å². The maximum atomic E-state index is 6.02. The zero-order valence-electron chi connectivity index (χ0n) is 11.0. The van der Waals surface area contributed by atoms with E-state index in [0.717, 1.165) is 18.7 Å². The fourth-order valence-corrected chi connectivity index (χ4v) is 2.54. The highest BCUT2D eigenvalue weighted by Crippen LogP contribution is 2.28. The first-order chi connectivity index (χ1) is 8.06. The number of aryl methyl sites for hydroxylation is 1. The molecule has 17 heavy (non-hydrogen) atoms. The van der Waals surface area contributed by atoms with Crippen LogP contribution in [0, 0.1) is 0 Å². The Labute approximate surface area is 104 Å². The minimum Gasteiger partial charge on any atom is -0.326 e. The summed E-state index contributed by atoms with van der Waals surface area (Å²) in [6.07, 6.45) is 10.4. The van der Waals surface area contributed by atoms with Gasteiger partial charge in [0.1, 0.15) is 12.2 Å². The molecule has 0 spiro atoms. The standard InChI is InChI=1S/C13H24N4/c1-13(2,14)9-8-12-16-15-10-17(12)11-6-4-3-5-7-11/h10-11H,3-9,14H2,1-2H3. The van der Waals surface area contributed by atoms with Crippen molar-refractivity contribution in [3.8, 4) is 0 Å². The van der Waals surface area contributed by atoms with E-state index in [-0.39, 0.29) is 5.54 Å². The van der Waals surface area contributed by atoms with Gasteiger partial charge in [0.2, 0.25) is 0 Å². The third kappa shape index (κ3) is 3.53. The highest BCUT2D eigenvalue weighted by molar-refractivity contribution is 4.93. The SMILES string of the molecule is CC(C)(N)CCc1nncn1C1CCCCC1. The van der Waals surface area contributed by atoms with Crippen molar-refractivity contribution in [3.05, 3.63) is 12.2 Å². The van der Waals surface area contributed by atoms with Crippen molar-refractivity contribution in [2.24, 2.45) is 5.73 Å². The van der Waals surface area contributed by atoms with Crippen molar-refractivity contribution < 1.29 is 0 Å². The van der Waals surface area contributed by atoms with Crippen molar-refractivity contribution >= 4 is 0 Å². The van der Waals surface area contributed by atoms with E-state index in [1.165, 1.54) is 32.1 Å². The van der Waals surface area contributed by atoms with Crippen molar-refractivity contribution in [1.82, 2.24) is 14.8 Å². The molecule has 1 fully saturated rings. The van der Waals surface area contributed by atoms with Gasteiger partial charge in [-0.1, -0.05) is 19.3 Å². The molecule has 0 atom stereocenters. The molecular formula is C13H24N4. The highest BCUT2D eigenvalue weighted by Gasteiger charge is 2.19. The second-order valence-electron chi connectivity index (χ2n) is 5.93. The van der Waals surface area contributed by atoms with E-state index < -0.39 is 0 Å². The van der Waals surface area contributed by atoms with Crippen molar-refractivity contribution in [2.75, 3.05) is 0 Å². The van der Waals surface area contributed by atoms with Gasteiger partial charge in [-0.25, -0.2) is 0 Å². The Morgan fingerprint density at radius 3 is 2.71 bits per heavy atom. The molecule has 0 unspecified atom stereocenters. The Morgan fingerprint density at radius 1 is 1.35 bits per heavy atom. The van der Waals surface area contributed by atoms with Crippen LogP contribution in [0.5, 0.6) is 0 Å². The van der Waals surface area contributed by atoms with E-state index in [0.29, 0.717) is 6.04 Å². The predicted molar refractivity (Wildman–Crippen MR) is 68.7 cm³/mol. The van der Waals surface area contributed by atoms with Crippen LogP contribution in [0.1, 0.15) is 64.2 Å². The summed E-state index contributed by atoms with van der Waals surface area (Å²) in [5.74, 6) is 1.11. The van der Waals surface area contributed by atoms with Gasteiger partial charge >= 0.3 is 0 Å². The molecule has 2 rings (SSSR count). The van der Waals surface area contributed by atoms with Gasteiger partial charge in [-0.15, -0.1) is 10.2 Å². The molecule has 1 aliphatic rings. The Balaban J connectivity index is 2.00. The molecule has 2 N–H and O–H groups in total. The van der Waals surface area contributed by atoms with Crippen LogP contribution in [0.25, 0.3) is 0 Å². The van der Waals surface area contributed by atoms with E-state index >= 15 is 0 Å². The topological polar surface area (TPSA) is 56.7 Å². The minimum absolute atomic E-state index is 0.122. The molecule has 0 bridgehead atoms. The molecular weight excluding hydrogens is 212 g/mol. The smallest absolute Gasteiger partial charge is 0.133 e. The normalized spacial score (nSPS) is 18.5. The fraction of sp³-hybridized carbons (Fsp3) is 0.846. The second kappa shape index (κ2) is 5.17. The molecule has 1 aromatic heterocycles. The molecule has 1 heterocycles. The molecule has 1 aliphatic carbocycles. The first-order valence-corrected chi connectivity index (χ1v) is 6.73. The van der Waals surface area contributed by atoms with Gasteiger partial charge in [-0.2, -0.15) is 0 Å². The van der Waals surface area contributed by atoms with E-state index in [1.807, 2.05) is 6.33 Å². The van der Waals surface area contributed by atoms with Crippen LogP contribution in [0.4, 0.5) is 0 Å². The lowest BCUT2D eigenvalue weighted by Crippen LogP contribution is -2.32. The van der Waals surface area contributed by atoms with Crippen molar-refractivity contribution in [3.63, 3.8) is 0 Å². The summed E-state index contributed by atoms with van der Waals surface area (Å²) in [5, 5.41) is 8.32. The molecule has 1 aromatic rings. The summed E-state index contributed by atoms with van der Waals surface area (Å²) in [6.45, 7) is 4.13. The van der Waals surface area contributed by atoms with Crippen LogP contribution in [0.15, 0.2) is 6.33 Å². The molecule has 4 nitrogen and oxygen atoms in total. The summed E-state index contributed by atoms with van der Waals surface area (Å²) < 4.78 is 2.28. The average molecular weight is 236 g/mol. The number of hydrogen-bond donors (Lipinski definition) is 1. The van der Waals surface area contributed by atoms with Crippen LogP contribution in [0.3, 0.4) is 0 Å². The van der Waals surface area contributed by atoms with E-state index in [4.69, 9.17) is 5.73 Å². The van der Waals surface area contributed by atoms with E-state index in [9.17, 15) is 0 Å². The molecule has 1 saturated carbocycles. The number of nitrogens with zero attached hydrogens (tertiary/aromatic N) is 3. The van der Waals surface area contributed by atoms with Gasteiger partial charge in [-0.3, -0.25) is 0 Å². The third-order valence-corrected chi connectivity index (χ3v) is 3.61. The van der Waals surface area contributed by atoms with E-state index in [2.05, 4.69) is 28.6 Å². The lowest BCUT2D eigenvalue weighted by molar-refractivity contribution is 0.341. The third-order valence-electron chi connectivity index (χ3n) is 3.61. The van der Waals surface area contributed by atoms with Crippen molar-refractivity contribution in [1.29, 1.82) is 0 Å².